The first-order valence-corrected chi connectivity index (χ1v) is 8.94. The van der Waals surface area contributed by atoms with Crippen molar-refractivity contribution < 1.29 is 9.53 Å². The Kier molecular flexibility index (Phi) is 3.92. The summed E-state index contributed by atoms with van der Waals surface area (Å²) in [5, 5.41) is 6.49. The maximum absolute atomic E-state index is 12.2. The largest absolute Gasteiger partial charge is 0.378 e. The van der Waals surface area contributed by atoms with Gasteiger partial charge in [-0.3, -0.25) is 4.79 Å². The summed E-state index contributed by atoms with van der Waals surface area (Å²) < 4.78 is 5.87. The molecular formula is C17H28N2O2. The molecule has 4 nitrogen and oxygen atoms in total. The van der Waals surface area contributed by atoms with Gasteiger partial charge in [0.1, 0.15) is 0 Å². The number of hydrogen-bond donors (Lipinski definition) is 2. The van der Waals surface area contributed by atoms with Gasteiger partial charge in [-0.05, 0) is 75.3 Å². The third-order valence-corrected chi connectivity index (χ3v) is 6.30. The summed E-state index contributed by atoms with van der Waals surface area (Å²) in [7, 11) is 0. The van der Waals surface area contributed by atoms with Gasteiger partial charge in [-0.2, -0.15) is 0 Å². The van der Waals surface area contributed by atoms with Crippen molar-refractivity contribution in [1.29, 1.82) is 0 Å². The van der Waals surface area contributed by atoms with Gasteiger partial charge in [-0.15, -0.1) is 0 Å². The van der Waals surface area contributed by atoms with Gasteiger partial charge in [0, 0.05) is 19.1 Å². The first-order chi connectivity index (χ1) is 10.3. The van der Waals surface area contributed by atoms with Crippen molar-refractivity contribution in [2.45, 2.75) is 44.6 Å². The Morgan fingerprint density at radius 1 is 1.10 bits per heavy atom. The molecule has 0 aromatic rings. The van der Waals surface area contributed by atoms with Crippen molar-refractivity contribution in [3.05, 3.63) is 0 Å². The van der Waals surface area contributed by atoms with Gasteiger partial charge in [0.05, 0.1) is 6.10 Å². The maximum atomic E-state index is 12.2. The third kappa shape index (κ3) is 2.72. The summed E-state index contributed by atoms with van der Waals surface area (Å²) in [6.07, 6.45) is 7.83. The van der Waals surface area contributed by atoms with Crippen LogP contribution in [0.25, 0.3) is 0 Å². The number of amides is 1. The van der Waals surface area contributed by atoms with E-state index in [2.05, 4.69) is 10.6 Å². The van der Waals surface area contributed by atoms with Crippen LogP contribution in [-0.4, -0.2) is 38.3 Å². The summed E-state index contributed by atoms with van der Waals surface area (Å²) >= 11 is 0. The van der Waals surface area contributed by atoms with Crippen LogP contribution in [0.2, 0.25) is 0 Å². The third-order valence-electron chi connectivity index (χ3n) is 6.30. The molecule has 0 aromatic carbocycles. The monoisotopic (exact) mass is 292 g/mol. The fourth-order valence-electron chi connectivity index (χ4n) is 5.29. The number of rotatable bonds is 6. The minimum atomic E-state index is 0.337. The minimum absolute atomic E-state index is 0.337. The highest BCUT2D eigenvalue weighted by Crippen LogP contribution is 2.69. The molecule has 4 unspecified atom stereocenters. The molecule has 1 saturated heterocycles. The van der Waals surface area contributed by atoms with Crippen LogP contribution in [0.4, 0.5) is 0 Å². The first-order valence-electron chi connectivity index (χ1n) is 8.94. The molecule has 0 radical (unpaired) electrons. The number of fused-ring (bicyclic) bond motifs is 5. The van der Waals surface area contributed by atoms with E-state index in [-0.39, 0.29) is 0 Å². The molecule has 118 valence electrons. The van der Waals surface area contributed by atoms with Crippen LogP contribution in [0, 0.1) is 29.6 Å². The van der Waals surface area contributed by atoms with E-state index < -0.39 is 0 Å². The van der Waals surface area contributed by atoms with E-state index in [1.54, 1.807) is 0 Å². The topological polar surface area (TPSA) is 50.4 Å². The van der Waals surface area contributed by atoms with Crippen LogP contribution in [0.15, 0.2) is 0 Å². The van der Waals surface area contributed by atoms with Crippen LogP contribution in [0.1, 0.15) is 38.5 Å². The standard InChI is InChI=1S/C17H28N2O2/c20-17(16-14-11-2-3-12(10-11)15(14)16)19-6-1-9-21-13-4-7-18-8-5-13/h11-16,18H,1-10H2,(H,19,20). The molecule has 4 rings (SSSR count). The molecule has 1 amide bonds. The lowest BCUT2D eigenvalue weighted by Crippen LogP contribution is -2.33. The van der Waals surface area contributed by atoms with Crippen molar-refractivity contribution in [2.24, 2.45) is 29.6 Å². The molecule has 1 heterocycles. The van der Waals surface area contributed by atoms with Crippen molar-refractivity contribution in [3.8, 4) is 0 Å². The van der Waals surface area contributed by atoms with Gasteiger partial charge in [0.25, 0.3) is 0 Å². The number of hydrogen-bond acceptors (Lipinski definition) is 3. The van der Waals surface area contributed by atoms with Crippen molar-refractivity contribution in [2.75, 3.05) is 26.2 Å². The van der Waals surface area contributed by atoms with E-state index in [0.717, 1.165) is 69.2 Å². The molecule has 21 heavy (non-hydrogen) atoms. The minimum Gasteiger partial charge on any atom is -0.378 e. The van der Waals surface area contributed by atoms with Crippen LogP contribution >= 0.6 is 0 Å². The molecule has 3 aliphatic carbocycles. The summed E-state index contributed by atoms with van der Waals surface area (Å²) in [6, 6.07) is 0. The lowest BCUT2D eigenvalue weighted by atomic mass is 10.0. The van der Waals surface area contributed by atoms with E-state index in [0.29, 0.717) is 17.9 Å². The predicted molar refractivity (Wildman–Crippen MR) is 80.8 cm³/mol. The van der Waals surface area contributed by atoms with Gasteiger partial charge in [0.15, 0.2) is 0 Å². The fourth-order valence-corrected chi connectivity index (χ4v) is 5.29. The Morgan fingerprint density at radius 2 is 1.81 bits per heavy atom. The van der Waals surface area contributed by atoms with E-state index in [4.69, 9.17) is 4.74 Å². The van der Waals surface area contributed by atoms with Crippen LogP contribution in [-0.2, 0) is 9.53 Å². The maximum Gasteiger partial charge on any atom is 0.223 e. The predicted octanol–water partition coefficient (Wildman–Crippen LogP) is 1.55. The number of nitrogens with one attached hydrogen (secondary N) is 2. The fraction of sp³-hybridized carbons (Fsp3) is 0.941. The highest BCUT2D eigenvalue weighted by Gasteiger charge is 2.67. The number of carbonyl (C=O) groups excluding carboxylic acids is 1. The summed E-state index contributed by atoms with van der Waals surface area (Å²) in [5.41, 5.74) is 0. The Morgan fingerprint density at radius 3 is 2.52 bits per heavy atom. The smallest absolute Gasteiger partial charge is 0.223 e. The molecule has 2 bridgehead atoms. The van der Waals surface area contributed by atoms with Crippen molar-refractivity contribution in [1.82, 2.24) is 10.6 Å². The summed E-state index contributed by atoms with van der Waals surface area (Å²) in [5.74, 6) is 4.01. The Labute approximate surface area is 127 Å². The second-order valence-corrected chi connectivity index (χ2v) is 7.48. The van der Waals surface area contributed by atoms with E-state index in [1.165, 1.54) is 19.3 Å². The molecule has 1 aliphatic heterocycles. The van der Waals surface area contributed by atoms with Crippen molar-refractivity contribution in [3.63, 3.8) is 0 Å². The van der Waals surface area contributed by atoms with Crippen LogP contribution in [0.3, 0.4) is 0 Å². The molecule has 4 aliphatic rings. The zero-order valence-corrected chi connectivity index (χ0v) is 12.9. The normalized spacial score (nSPS) is 41.0. The van der Waals surface area contributed by atoms with Crippen molar-refractivity contribution >= 4 is 5.91 Å². The van der Waals surface area contributed by atoms with E-state index >= 15 is 0 Å². The molecule has 0 aromatic heterocycles. The molecule has 4 atom stereocenters. The molecular weight excluding hydrogens is 264 g/mol. The number of carbonyl (C=O) groups is 1. The molecule has 2 N–H and O–H groups in total. The molecule has 4 fully saturated rings. The summed E-state index contributed by atoms with van der Waals surface area (Å²) in [6.45, 7) is 3.73. The SMILES string of the molecule is O=C(NCCCOC1CCNCC1)C1C2C3CCC(C3)C12. The second kappa shape index (κ2) is 5.88. The zero-order valence-electron chi connectivity index (χ0n) is 12.9. The quantitative estimate of drug-likeness (QED) is 0.730. The molecule has 4 heteroatoms. The average molecular weight is 292 g/mol. The van der Waals surface area contributed by atoms with Gasteiger partial charge < -0.3 is 15.4 Å². The molecule has 3 saturated carbocycles. The van der Waals surface area contributed by atoms with Crippen LogP contribution in [0.5, 0.6) is 0 Å². The Balaban J connectivity index is 1.10. The highest BCUT2D eigenvalue weighted by molar-refractivity contribution is 5.82. The number of ether oxygens (including phenoxy) is 1. The van der Waals surface area contributed by atoms with Crippen LogP contribution < -0.4 is 10.6 Å². The Bertz CT molecular complexity index is 378. The van der Waals surface area contributed by atoms with Gasteiger partial charge in [-0.25, -0.2) is 0 Å². The highest BCUT2D eigenvalue weighted by atomic mass is 16.5. The van der Waals surface area contributed by atoms with E-state index in [1.807, 2.05) is 0 Å². The first kappa shape index (κ1) is 14.0. The molecule has 0 spiro atoms. The lowest BCUT2D eigenvalue weighted by Gasteiger charge is -2.22. The number of piperidine rings is 1. The van der Waals surface area contributed by atoms with Gasteiger partial charge in [0.2, 0.25) is 5.91 Å². The Hall–Kier alpha value is -0.610. The lowest BCUT2D eigenvalue weighted by molar-refractivity contribution is -0.123. The average Bonchev–Trinajstić information content (AvgIpc) is 2.96. The second-order valence-electron chi connectivity index (χ2n) is 7.48. The summed E-state index contributed by atoms with van der Waals surface area (Å²) in [4.78, 5) is 12.2. The van der Waals surface area contributed by atoms with E-state index in [9.17, 15) is 4.79 Å². The van der Waals surface area contributed by atoms with Gasteiger partial charge >= 0.3 is 0 Å². The van der Waals surface area contributed by atoms with Gasteiger partial charge in [-0.1, -0.05) is 0 Å². The zero-order chi connectivity index (χ0) is 14.2.